The molecule has 9 heteroatoms. The molecule has 0 aromatic carbocycles. The van der Waals surface area contributed by atoms with Gasteiger partial charge in [0, 0.05) is 26.3 Å². The van der Waals surface area contributed by atoms with Crippen molar-refractivity contribution in [3.63, 3.8) is 0 Å². The Morgan fingerprint density at radius 3 is 3.04 bits per heavy atom. The number of ether oxygens (including phenoxy) is 1. The average Bonchev–Trinajstić information content (AvgIpc) is 3.17. The van der Waals surface area contributed by atoms with Gasteiger partial charge in [-0.1, -0.05) is 6.07 Å². The Labute approximate surface area is 145 Å². The Bertz CT molecular complexity index is 987. The number of hydrogen-bond donors (Lipinski definition) is 0. The molecule has 3 saturated heterocycles. The third kappa shape index (κ3) is 1.97. The summed E-state index contributed by atoms with van der Waals surface area (Å²) in [4.78, 5) is 14.8. The number of amides is 1. The second-order valence-corrected chi connectivity index (χ2v) is 9.33. The first-order valence-electron chi connectivity index (χ1n) is 8.25. The summed E-state index contributed by atoms with van der Waals surface area (Å²) in [7, 11) is -1.77. The monoisotopic (exact) mass is 362 g/mol. The van der Waals surface area contributed by atoms with Crippen LogP contribution in [-0.2, 0) is 14.8 Å². The van der Waals surface area contributed by atoms with E-state index in [0.717, 1.165) is 5.52 Å². The molecule has 132 valence electrons. The minimum Gasteiger partial charge on any atom is -0.365 e. The van der Waals surface area contributed by atoms with E-state index in [0.29, 0.717) is 31.6 Å². The van der Waals surface area contributed by atoms with E-state index in [1.807, 2.05) is 18.2 Å². The largest absolute Gasteiger partial charge is 0.365 e. The molecular formula is C16H18N4O4S. The van der Waals surface area contributed by atoms with Crippen molar-refractivity contribution in [2.24, 2.45) is 0 Å². The number of hydrogen-bond acceptors (Lipinski definition) is 5. The summed E-state index contributed by atoms with van der Waals surface area (Å²) in [6.07, 6.45) is 3.59. The van der Waals surface area contributed by atoms with E-state index in [-0.39, 0.29) is 12.0 Å². The number of morpholine rings is 1. The third-order valence-electron chi connectivity index (χ3n) is 5.58. The molecule has 1 amide bonds. The van der Waals surface area contributed by atoms with Gasteiger partial charge in [0.2, 0.25) is 10.0 Å². The van der Waals surface area contributed by atoms with E-state index in [1.54, 1.807) is 28.9 Å². The topological polar surface area (TPSA) is 84.2 Å². The molecular weight excluding hydrogens is 344 g/mol. The Hall–Kier alpha value is -1.97. The van der Waals surface area contributed by atoms with Crippen molar-refractivity contribution < 1.29 is 17.9 Å². The highest BCUT2D eigenvalue weighted by atomic mass is 32.2. The van der Waals surface area contributed by atoms with E-state index in [4.69, 9.17) is 4.74 Å². The molecule has 3 aliphatic heterocycles. The maximum atomic E-state index is 13.1. The van der Waals surface area contributed by atoms with Gasteiger partial charge in [-0.15, -0.1) is 0 Å². The van der Waals surface area contributed by atoms with E-state index in [1.165, 1.54) is 4.31 Å². The summed E-state index contributed by atoms with van der Waals surface area (Å²) in [5.74, 6) is -0.124. The lowest BCUT2D eigenvalue weighted by molar-refractivity contribution is -0.0966. The predicted molar refractivity (Wildman–Crippen MR) is 88.7 cm³/mol. The number of rotatable bonds is 1. The van der Waals surface area contributed by atoms with Gasteiger partial charge in [0.05, 0.1) is 29.9 Å². The fraction of sp³-hybridized carbons (Fsp3) is 0.500. The first-order valence-corrected chi connectivity index (χ1v) is 9.76. The number of nitrogens with zero attached hydrogens (tertiary/aromatic N) is 4. The van der Waals surface area contributed by atoms with Gasteiger partial charge in [-0.3, -0.25) is 4.79 Å². The van der Waals surface area contributed by atoms with E-state index < -0.39 is 20.9 Å². The summed E-state index contributed by atoms with van der Waals surface area (Å²) >= 11 is 0. The maximum absolute atomic E-state index is 13.1. The molecule has 2 bridgehead atoms. The Morgan fingerprint density at radius 1 is 1.36 bits per heavy atom. The Kier molecular flexibility index (Phi) is 2.94. The second kappa shape index (κ2) is 4.80. The number of fused-ring (bicyclic) bond motifs is 2. The zero-order chi connectivity index (χ0) is 17.4. The lowest BCUT2D eigenvalue weighted by Crippen LogP contribution is -2.56. The van der Waals surface area contributed by atoms with Crippen LogP contribution in [0.25, 0.3) is 5.52 Å². The van der Waals surface area contributed by atoms with Crippen molar-refractivity contribution in [2.75, 3.05) is 26.7 Å². The van der Waals surface area contributed by atoms with Gasteiger partial charge in [0.15, 0.2) is 0 Å². The first kappa shape index (κ1) is 15.3. The Morgan fingerprint density at radius 2 is 2.20 bits per heavy atom. The standard InChI is InChI=1S/C16H18N4O4S/c1-18-9-16-10-19(8-11(24-16)6-14(16)25(18,22)23)15(21)12-7-17-20-5-3-2-4-13(12)20/h2-5,7,11,14H,6,8-10H2,1H3/t11-,14+,16-/m1/s1. The molecule has 5 heterocycles. The van der Waals surface area contributed by atoms with Crippen molar-refractivity contribution in [2.45, 2.75) is 23.4 Å². The molecule has 1 spiro atoms. The van der Waals surface area contributed by atoms with E-state index in [2.05, 4.69) is 5.10 Å². The maximum Gasteiger partial charge on any atom is 0.257 e. The fourth-order valence-corrected chi connectivity index (χ4v) is 6.52. The van der Waals surface area contributed by atoms with Gasteiger partial charge < -0.3 is 9.64 Å². The normalized spacial score (nSPS) is 33.7. The molecule has 2 aromatic heterocycles. The number of carbonyl (C=O) groups excluding carboxylic acids is 1. The summed E-state index contributed by atoms with van der Waals surface area (Å²) < 4.78 is 34.1. The van der Waals surface area contributed by atoms with Crippen LogP contribution < -0.4 is 0 Å². The number of aromatic nitrogens is 2. The molecule has 0 unspecified atom stereocenters. The molecule has 2 aromatic rings. The van der Waals surface area contributed by atoms with Crippen molar-refractivity contribution in [3.8, 4) is 0 Å². The van der Waals surface area contributed by atoms with Gasteiger partial charge >= 0.3 is 0 Å². The van der Waals surface area contributed by atoms with Crippen molar-refractivity contribution in [3.05, 3.63) is 36.2 Å². The Balaban J connectivity index is 1.50. The van der Waals surface area contributed by atoms with Crippen molar-refractivity contribution >= 4 is 21.4 Å². The van der Waals surface area contributed by atoms with Crippen LogP contribution in [0.1, 0.15) is 16.8 Å². The molecule has 25 heavy (non-hydrogen) atoms. The smallest absolute Gasteiger partial charge is 0.257 e. The molecule has 3 atom stereocenters. The summed E-state index contributed by atoms with van der Waals surface area (Å²) in [5, 5.41) is 3.66. The fourth-order valence-electron chi connectivity index (χ4n) is 4.48. The number of likely N-dealkylation sites (N-methyl/N-ethyl adjacent to an activating group) is 1. The summed E-state index contributed by atoms with van der Waals surface area (Å²) in [5.41, 5.74) is 0.468. The lowest BCUT2D eigenvalue weighted by atomic mass is 9.99. The summed E-state index contributed by atoms with van der Waals surface area (Å²) in [6.45, 7) is 1.01. The van der Waals surface area contributed by atoms with Gasteiger partial charge in [-0.05, 0) is 18.6 Å². The molecule has 8 nitrogen and oxygen atoms in total. The van der Waals surface area contributed by atoms with Crippen LogP contribution in [0.15, 0.2) is 30.6 Å². The molecule has 3 aliphatic rings. The SMILES string of the molecule is CN1C[C@@]23CN(C(=O)c4cnn5ccccc45)C[C@@H](C[C@@H]2S1(=O)=O)O3. The minimum atomic E-state index is -3.35. The van der Waals surface area contributed by atoms with Gasteiger partial charge in [-0.25, -0.2) is 17.2 Å². The quantitative estimate of drug-likeness (QED) is 0.711. The van der Waals surface area contributed by atoms with E-state index >= 15 is 0 Å². The van der Waals surface area contributed by atoms with Gasteiger partial charge in [-0.2, -0.15) is 5.10 Å². The predicted octanol–water partition coefficient (Wildman–Crippen LogP) is -0.0384. The van der Waals surface area contributed by atoms with Gasteiger partial charge in [0.1, 0.15) is 10.9 Å². The van der Waals surface area contributed by atoms with Crippen LogP contribution in [0.3, 0.4) is 0 Å². The molecule has 5 rings (SSSR count). The van der Waals surface area contributed by atoms with Crippen LogP contribution >= 0.6 is 0 Å². The number of pyridine rings is 1. The second-order valence-electron chi connectivity index (χ2n) is 7.10. The number of carbonyl (C=O) groups is 1. The van der Waals surface area contributed by atoms with Gasteiger partial charge in [0.25, 0.3) is 5.91 Å². The molecule has 0 saturated carbocycles. The third-order valence-corrected chi connectivity index (χ3v) is 7.92. The first-order chi connectivity index (χ1) is 11.9. The van der Waals surface area contributed by atoms with E-state index in [9.17, 15) is 13.2 Å². The zero-order valence-electron chi connectivity index (χ0n) is 13.7. The minimum absolute atomic E-state index is 0.124. The molecule has 0 aliphatic carbocycles. The molecule has 0 radical (unpaired) electrons. The lowest BCUT2D eigenvalue weighted by Gasteiger charge is -2.39. The zero-order valence-corrected chi connectivity index (χ0v) is 14.5. The number of sulfonamides is 1. The number of likely N-dealkylation sites (tertiary alicyclic amines) is 1. The highest BCUT2D eigenvalue weighted by molar-refractivity contribution is 7.90. The van der Waals surface area contributed by atoms with Crippen molar-refractivity contribution in [1.82, 2.24) is 18.8 Å². The van der Waals surface area contributed by atoms with Crippen LogP contribution in [0.4, 0.5) is 0 Å². The highest BCUT2D eigenvalue weighted by Crippen LogP contribution is 2.46. The average molecular weight is 362 g/mol. The molecule has 0 N–H and O–H groups in total. The molecule has 3 fully saturated rings. The highest BCUT2D eigenvalue weighted by Gasteiger charge is 2.64. The summed E-state index contributed by atoms with van der Waals surface area (Å²) in [6, 6.07) is 5.57. The van der Waals surface area contributed by atoms with Crippen LogP contribution in [-0.4, -0.2) is 76.8 Å². The van der Waals surface area contributed by atoms with Crippen LogP contribution in [0, 0.1) is 0 Å². The van der Waals surface area contributed by atoms with Crippen LogP contribution in [0.5, 0.6) is 0 Å². The van der Waals surface area contributed by atoms with Crippen LogP contribution in [0.2, 0.25) is 0 Å². The van der Waals surface area contributed by atoms with Crippen molar-refractivity contribution in [1.29, 1.82) is 0 Å².